The molecule has 0 saturated carbocycles. The number of aromatic carboxylic acids is 1. The molecule has 2 rings (SSSR count). The summed E-state index contributed by atoms with van der Waals surface area (Å²) in [4.78, 5) is 21.6. The Bertz CT molecular complexity index is 617. The summed E-state index contributed by atoms with van der Waals surface area (Å²) in [6.07, 6.45) is 0. The number of rotatable bonds is 5. The first-order valence-corrected chi connectivity index (χ1v) is 5.41. The molecule has 0 spiro atoms. The Morgan fingerprint density at radius 3 is 2.68 bits per heavy atom. The molecule has 1 heterocycles. The predicted octanol–water partition coefficient (Wildman–Crippen LogP) is 1.66. The standard InChI is InChI=1S/C13H11NO5/c14-12(15)8-2-1-3-9(6-8)18-7-10-4-5-11(19-10)13(16)17/h1-6H,7H2,(H2,14,15)(H,16,17). The van der Waals surface area contributed by atoms with Crippen molar-refractivity contribution < 1.29 is 23.8 Å². The molecule has 0 unspecified atom stereocenters. The molecule has 98 valence electrons. The third kappa shape index (κ3) is 3.12. The summed E-state index contributed by atoms with van der Waals surface area (Å²) in [5, 5.41) is 8.69. The van der Waals surface area contributed by atoms with E-state index in [0.29, 0.717) is 17.1 Å². The van der Waals surface area contributed by atoms with Gasteiger partial charge in [0.05, 0.1) is 0 Å². The van der Waals surface area contributed by atoms with Gasteiger partial charge in [0.1, 0.15) is 18.1 Å². The van der Waals surface area contributed by atoms with Crippen molar-refractivity contribution in [2.24, 2.45) is 5.73 Å². The van der Waals surface area contributed by atoms with Crippen LogP contribution in [-0.2, 0) is 6.61 Å². The fourth-order valence-electron chi connectivity index (χ4n) is 1.46. The Balaban J connectivity index is 2.03. The normalized spacial score (nSPS) is 10.1. The quantitative estimate of drug-likeness (QED) is 0.851. The number of carbonyl (C=O) groups excluding carboxylic acids is 1. The second-order valence-corrected chi connectivity index (χ2v) is 3.75. The highest BCUT2D eigenvalue weighted by Crippen LogP contribution is 2.16. The molecule has 1 amide bonds. The smallest absolute Gasteiger partial charge is 0.371 e. The molecule has 0 atom stereocenters. The Labute approximate surface area is 108 Å². The minimum atomic E-state index is -1.14. The number of ether oxygens (including phenoxy) is 1. The summed E-state index contributed by atoms with van der Waals surface area (Å²) in [6, 6.07) is 9.24. The maximum absolute atomic E-state index is 11.0. The maximum atomic E-state index is 11.0. The molecule has 0 saturated heterocycles. The van der Waals surface area contributed by atoms with Crippen LogP contribution in [0, 0.1) is 0 Å². The van der Waals surface area contributed by atoms with Crippen LogP contribution in [0.25, 0.3) is 0 Å². The fourth-order valence-corrected chi connectivity index (χ4v) is 1.46. The second kappa shape index (κ2) is 5.26. The number of carbonyl (C=O) groups is 2. The van der Waals surface area contributed by atoms with Crippen molar-refractivity contribution in [3.63, 3.8) is 0 Å². The molecule has 19 heavy (non-hydrogen) atoms. The number of furan rings is 1. The Morgan fingerprint density at radius 1 is 1.26 bits per heavy atom. The number of hydrogen-bond acceptors (Lipinski definition) is 4. The maximum Gasteiger partial charge on any atom is 0.371 e. The average Bonchev–Trinajstić information content (AvgIpc) is 2.85. The summed E-state index contributed by atoms with van der Waals surface area (Å²) in [5.41, 5.74) is 5.48. The first-order chi connectivity index (χ1) is 9.06. The summed E-state index contributed by atoms with van der Waals surface area (Å²) >= 11 is 0. The van der Waals surface area contributed by atoms with E-state index in [1.165, 1.54) is 18.2 Å². The van der Waals surface area contributed by atoms with E-state index in [2.05, 4.69) is 0 Å². The third-order valence-electron chi connectivity index (χ3n) is 2.37. The van der Waals surface area contributed by atoms with Gasteiger partial charge in [-0.15, -0.1) is 0 Å². The lowest BCUT2D eigenvalue weighted by molar-refractivity contribution is 0.0658. The van der Waals surface area contributed by atoms with Crippen molar-refractivity contribution in [3.8, 4) is 5.75 Å². The van der Waals surface area contributed by atoms with E-state index in [-0.39, 0.29) is 12.4 Å². The lowest BCUT2D eigenvalue weighted by atomic mass is 10.2. The van der Waals surface area contributed by atoms with E-state index < -0.39 is 11.9 Å². The first kappa shape index (κ1) is 12.7. The molecule has 6 heteroatoms. The fraction of sp³-hybridized carbons (Fsp3) is 0.0769. The van der Waals surface area contributed by atoms with Crippen LogP contribution < -0.4 is 10.5 Å². The molecular weight excluding hydrogens is 250 g/mol. The van der Waals surface area contributed by atoms with Gasteiger partial charge in [-0.1, -0.05) is 6.07 Å². The van der Waals surface area contributed by atoms with Crippen molar-refractivity contribution >= 4 is 11.9 Å². The number of carboxylic acid groups (broad SMARTS) is 1. The lowest BCUT2D eigenvalue weighted by Crippen LogP contribution is -2.10. The predicted molar refractivity (Wildman–Crippen MR) is 65.0 cm³/mol. The molecule has 0 aliphatic carbocycles. The van der Waals surface area contributed by atoms with Crippen LogP contribution in [-0.4, -0.2) is 17.0 Å². The minimum absolute atomic E-state index is 0.0650. The highest BCUT2D eigenvalue weighted by Gasteiger charge is 2.09. The molecular formula is C13H11NO5. The van der Waals surface area contributed by atoms with Crippen molar-refractivity contribution in [2.75, 3.05) is 0 Å². The molecule has 0 bridgehead atoms. The topological polar surface area (TPSA) is 103 Å². The Hall–Kier alpha value is -2.76. The lowest BCUT2D eigenvalue weighted by Gasteiger charge is -2.05. The van der Waals surface area contributed by atoms with E-state index in [4.69, 9.17) is 20.0 Å². The molecule has 6 nitrogen and oxygen atoms in total. The zero-order valence-corrected chi connectivity index (χ0v) is 9.83. The summed E-state index contributed by atoms with van der Waals surface area (Å²) in [6.45, 7) is 0.0650. The van der Waals surface area contributed by atoms with Crippen LogP contribution in [0.1, 0.15) is 26.7 Å². The van der Waals surface area contributed by atoms with Gasteiger partial charge in [-0.3, -0.25) is 4.79 Å². The van der Waals surface area contributed by atoms with Gasteiger partial charge in [0.2, 0.25) is 11.7 Å². The number of amides is 1. The highest BCUT2D eigenvalue weighted by molar-refractivity contribution is 5.93. The Kier molecular flexibility index (Phi) is 3.51. The van der Waals surface area contributed by atoms with Crippen LogP contribution in [0.15, 0.2) is 40.8 Å². The van der Waals surface area contributed by atoms with E-state index in [9.17, 15) is 9.59 Å². The van der Waals surface area contributed by atoms with Gasteiger partial charge in [-0.25, -0.2) is 4.79 Å². The number of carboxylic acids is 1. The van der Waals surface area contributed by atoms with Crippen LogP contribution >= 0.6 is 0 Å². The van der Waals surface area contributed by atoms with E-state index in [1.54, 1.807) is 18.2 Å². The SMILES string of the molecule is NC(=O)c1cccc(OCc2ccc(C(=O)O)o2)c1. The second-order valence-electron chi connectivity index (χ2n) is 3.75. The number of hydrogen-bond donors (Lipinski definition) is 2. The molecule has 0 fully saturated rings. The number of benzene rings is 1. The average molecular weight is 261 g/mol. The molecule has 0 aliphatic rings. The van der Waals surface area contributed by atoms with Gasteiger partial charge in [-0.2, -0.15) is 0 Å². The van der Waals surface area contributed by atoms with E-state index >= 15 is 0 Å². The first-order valence-electron chi connectivity index (χ1n) is 5.41. The van der Waals surface area contributed by atoms with E-state index in [0.717, 1.165) is 0 Å². The molecule has 0 radical (unpaired) electrons. The zero-order valence-electron chi connectivity index (χ0n) is 9.83. The van der Waals surface area contributed by atoms with Crippen LogP contribution in [0.5, 0.6) is 5.75 Å². The zero-order chi connectivity index (χ0) is 13.8. The van der Waals surface area contributed by atoms with Gasteiger partial charge in [0.25, 0.3) is 0 Å². The number of nitrogens with two attached hydrogens (primary N) is 1. The van der Waals surface area contributed by atoms with Crippen LogP contribution in [0.4, 0.5) is 0 Å². The van der Waals surface area contributed by atoms with Crippen LogP contribution in [0.3, 0.4) is 0 Å². The minimum Gasteiger partial charge on any atom is -0.486 e. The van der Waals surface area contributed by atoms with Crippen molar-refractivity contribution in [1.29, 1.82) is 0 Å². The van der Waals surface area contributed by atoms with Crippen molar-refractivity contribution in [3.05, 3.63) is 53.5 Å². The molecule has 3 N–H and O–H groups in total. The molecule has 2 aromatic rings. The molecule has 1 aromatic carbocycles. The summed E-state index contributed by atoms with van der Waals surface area (Å²) in [5.74, 6) is -1.01. The highest BCUT2D eigenvalue weighted by atomic mass is 16.5. The third-order valence-corrected chi connectivity index (χ3v) is 2.37. The van der Waals surface area contributed by atoms with Gasteiger partial charge in [0, 0.05) is 5.56 Å². The van der Waals surface area contributed by atoms with Gasteiger partial charge >= 0.3 is 5.97 Å². The van der Waals surface area contributed by atoms with Gasteiger partial charge in [0.15, 0.2) is 0 Å². The Morgan fingerprint density at radius 2 is 2.05 bits per heavy atom. The largest absolute Gasteiger partial charge is 0.486 e. The number of primary amides is 1. The summed E-state index contributed by atoms with van der Waals surface area (Å²) in [7, 11) is 0. The monoisotopic (exact) mass is 261 g/mol. The van der Waals surface area contributed by atoms with Gasteiger partial charge < -0.3 is 20.0 Å². The van der Waals surface area contributed by atoms with E-state index in [1.807, 2.05) is 0 Å². The molecule has 1 aromatic heterocycles. The van der Waals surface area contributed by atoms with Crippen molar-refractivity contribution in [2.45, 2.75) is 6.61 Å². The van der Waals surface area contributed by atoms with Crippen molar-refractivity contribution in [1.82, 2.24) is 0 Å². The molecule has 0 aliphatic heterocycles. The van der Waals surface area contributed by atoms with Gasteiger partial charge in [-0.05, 0) is 30.3 Å². The van der Waals surface area contributed by atoms with Crippen LogP contribution in [0.2, 0.25) is 0 Å². The summed E-state index contributed by atoms with van der Waals surface area (Å²) < 4.78 is 10.4.